The Kier molecular flexibility index (Phi) is 14.3. The van der Waals surface area contributed by atoms with Gasteiger partial charge in [0, 0.05) is 0 Å². The molecule has 0 amide bonds. The molecule has 9 heteroatoms. The van der Waals surface area contributed by atoms with Gasteiger partial charge < -0.3 is 38.3 Å². The highest BCUT2D eigenvalue weighted by atomic mass is 16.8. The summed E-state index contributed by atoms with van der Waals surface area (Å²) in [5.74, 6) is -2.23. The molecule has 53 heavy (non-hydrogen) atoms. The van der Waals surface area contributed by atoms with Crippen LogP contribution in [-0.2, 0) is 59.6 Å². The lowest BCUT2D eigenvalue weighted by Crippen LogP contribution is -2.69. The number of ether oxygens (including phenoxy) is 7. The third-order valence-corrected chi connectivity index (χ3v) is 8.90. The molecule has 1 saturated heterocycles. The lowest BCUT2D eigenvalue weighted by Gasteiger charge is -2.51. The molecule has 0 spiro atoms. The largest absolute Gasteiger partial charge is 0.460 e. The van der Waals surface area contributed by atoms with Crippen molar-refractivity contribution in [1.29, 1.82) is 0 Å². The zero-order valence-corrected chi connectivity index (χ0v) is 29.6. The van der Waals surface area contributed by atoms with E-state index in [9.17, 15) is 9.90 Å². The van der Waals surface area contributed by atoms with Gasteiger partial charge in [0.25, 0.3) is 0 Å². The minimum Gasteiger partial charge on any atom is -0.460 e. The molecule has 6 rings (SSSR count). The molecule has 0 radical (unpaired) electrons. The van der Waals surface area contributed by atoms with Crippen LogP contribution in [0.15, 0.2) is 152 Å². The Morgan fingerprint density at radius 2 is 1.02 bits per heavy atom. The van der Waals surface area contributed by atoms with Crippen LogP contribution in [0.5, 0.6) is 0 Å². The third kappa shape index (κ3) is 10.9. The first kappa shape index (κ1) is 38.0. The van der Waals surface area contributed by atoms with Gasteiger partial charge >= 0.3 is 5.97 Å². The topological polar surface area (TPSA) is 102 Å². The second kappa shape index (κ2) is 19.9. The first-order valence-electron chi connectivity index (χ1n) is 17.9. The molecule has 0 aliphatic carbocycles. The highest BCUT2D eigenvalue weighted by Crippen LogP contribution is 2.38. The maximum Gasteiger partial charge on any atom is 0.338 e. The summed E-state index contributed by atoms with van der Waals surface area (Å²) in [6, 6.07) is 48.0. The first-order chi connectivity index (χ1) is 26.1. The number of benzene rings is 5. The lowest BCUT2D eigenvalue weighted by atomic mass is 9.91. The molecule has 0 aromatic heterocycles. The van der Waals surface area contributed by atoms with Gasteiger partial charge in [-0.15, -0.1) is 0 Å². The molecule has 5 atom stereocenters. The summed E-state index contributed by atoms with van der Waals surface area (Å²) in [5.41, 5.74) is 4.24. The number of hydrogen-bond donors (Lipinski definition) is 1. The van der Waals surface area contributed by atoms with Crippen LogP contribution in [0, 0.1) is 0 Å². The number of aliphatic hydroxyl groups excluding tert-OH is 1. The highest BCUT2D eigenvalue weighted by Gasteiger charge is 2.58. The molecule has 5 aromatic rings. The highest BCUT2D eigenvalue weighted by molar-refractivity contribution is 5.89. The van der Waals surface area contributed by atoms with Gasteiger partial charge in [-0.25, -0.2) is 4.79 Å². The van der Waals surface area contributed by atoms with Crippen molar-refractivity contribution in [2.45, 2.75) is 56.6 Å². The second-order valence-corrected chi connectivity index (χ2v) is 12.7. The average Bonchev–Trinajstić information content (AvgIpc) is 3.22. The zero-order chi connectivity index (χ0) is 36.6. The number of hydrogen-bond acceptors (Lipinski definition) is 9. The minimum absolute atomic E-state index is 0.0944. The van der Waals surface area contributed by atoms with Gasteiger partial charge in [0.05, 0.1) is 45.2 Å². The first-order valence-corrected chi connectivity index (χ1v) is 17.9. The van der Waals surface area contributed by atoms with Gasteiger partial charge in [-0.3, -0.25) is 0 Å². The van der Waals surface area contributed by atoms with Crippen LogP contribution < -0.4 is 0 Å². The summed E-state index contributed by atoms with van der Waals surface area (Å²) in [5, 5.41) is 11.2. The van der Waals surface area contributed by atoms with E-state index in [1.54, 1.807) is 24.3 Å². The van der Waals surface area contributed by atoms with Gasteiger partial charge in [0.2, 0.25) is 5.79 Å². The summed E-state index contributed by atoms with van der Waals surface area (Å²) >= 11 is 0. The summed E-state index contributed by atoms with van der Waals surface area (Å²) in [6.07, 6.45) is -3.28. The van der Waals surface area contributed by atoms with Crippen LogP contribution >= 0.6 is 0 Å². The average molecular weight is 719 g/mol. The van der Waals surface area contributed by atoms with E-state index in [-0.39, 0.29) is 39.6 Å². The Labute approximate surface area is 311 Å². The van der Waals surface area contributed by atoms with E-state index in [1.165, 1.54) is 0 Å². The van der Waals surface area contributed by atoms with Crippen molar-refractivity contribution in [2.75, 3.05) is 26.4 Å². The summed E-state index contributed by atoms with van der Waals surface area (Å²) in [6.45, 7) is 0.321. The second-order valence-electron chi connectivity index (χ2n) is 12.7. The van der Waals surface area contributed by atoms with E-state index in [0.717, 1.165) is 22.3 Å². The van der Waals surface area contributed by atoms with E-state index >= 15 is 0 Å². The van der Waals surface area contributed by atoms with Crippen molar-refractivity contribution in [2.24, 2.45) is 0 Å². The molecule has 1 heterocycles. The molecule has 0 unspecified atom stereocenters. The number of rotatable bonds is 19. The van der Waals surface area contributed by atoms with E-state index in [2.05, 4.69) is 0 Å². The fourth-order valence-electron chi connectivity index (χ4n) is 6.22. The summed E-state index contributed by atoms with van der Waals surface area (Å²) in [7, 11) is 0. The van der Waals surface area contributed by atoms with Crippen LogP contribution in [0.1, 0.15) is 32.6 Å². The Bertz CT molecular complexity index is 1760. The van der Waals surface area contributed by atoms with Crippen LogP contribution in [0.3, 0.4) is 0 Å². The molecule has 1 N–H and O–H groups in total. The lowest BCUT2D eigenvalue weighted by molar-refractivity contribution is -0.391. The van der Waals surface area contributed by atoms with Crippen LogP contribution in [-0.4, -0.2) is 67.7 Å². The fourth-order valence-corrected chi connectivity index (χ4v) is 6.22. The minimum atomic E-state index is -1.75. The SMILES string of the molecule is O=C(OCCO[C@@]1(CO)O[C@H](COCc2ccccc2)[C@@H](OCc2ccccc2)[C@H](OCc2ccccc2)[C@H]1OCc1ccccc1)c1ccccc1. The molecular weight excluding hydrogens is 672 g/mol. The molecule has 9 nitrogen and oxygen atoms in total. The quantitative estimate of drug-likeness (QED) is 0.0721. The summed E-state index contributed by atoms with van der Waals surface area (Å²) in [4.78, 5) is 12.7. The molecule has 1 fully saturated rings. The van der Waals surface area contributed by atoms with E-state index < -0.39 is 42.8 Å². The number of carbonyl (C=O) groups excluding carboxylic acids is 1. The van der Waals surface area contributed by atoms with Crippen molar-refractivity contribution in [3.63, 3.8) is 0 Å². The smallest absolute Gasteiger partial charge is 0.338 e. The van der Waals surface area contributed by atoms with Crippen LogP contribution in [0.25, 0.3) is 0 Å². The molecular formula is C44H46O9. The van der Waals surface area contributed by atoms with Gasteiger partial charge in [0.15, 0.2) is 0 Å². The van der Waals surface area contributed by atoms with E-state index in [0.29, 0.717) is 12.2 Å². The Balaban J connectivity index is 1.30. The predicted molar refractivity (Wildman–Crippen MR) is 199 cm³/mol. The van der Waals surface area contributed by atoms with Gasteiger partial charge in [-0.1, -0.05) is 140 Å². The van der Waals surface area contributed by atoms with Crippen molar-refractivity contribution in [1.82, 2.24) is 0 Å². The van der Waals surface area contributed by atoms with E-state index in [4.69, 9.17) is 33.2 Å². The van der Waals surface area contributed by atoms with Crippen molar-refractivity contribution in [3.8, 4) is 0 Å². The Morgan fingerprint density at radius 3 is 1.53 bits per heavy atom. The zero-order valence-electron chi connectivity index (χ0n) is 29.6. The molecule has 0 bridgehead atoms. The van der Waals surface area contributed by atoms with Crippen LogP contribution in [0.4, 0.5) is 0 Å². The van der Waals surface area contributed by atoms with Crippen LogP contribution in [0.2, 0.25) is 0 Å². The maximum atomic E-state index is 12.7. The fraction of sp³-hybridized carbons (Fsp3) is 0.295. The van der Waals surface area contributed by atoms with Crippen molar-refractivity contribution >= 4 is 5.97 Å². The monoisotopic (exact) mass is 718 g/mol. The third-order valence-electron chi connectivity index (χ3n) is 8.90. The molecule has 1 aliphatic heterocycles. The summed E-state index contributed by atoms with van der Waals surface area (Å²) < 4.78 is 45.1. The standard InChI is InChI=1S/C44H46O9/c45-33-44(52-27-26-48-43(46)38-24-14-5-15-25-38)42(51-31-37-22-12-4-13-23-37)41(50-30-36-20-10-3-11-21-36)40(49-29-35-18-8-2-9-19-35)39(53-44)32-47-28-34-16-6-1-7-17-34/h1-25,39-42,45H,26-33H2/t39-,40-,41+,42-,44+/m1/s1. The van der Waals surface area contributed by atoms with Gasteiger partial charge in [0.1, 0.15) is 37.6 Å². The Hall–Kier alpha value is -4.71. The number of carbonyl (C=O) groups is 1. The van der Waals surface area contributed by atoms with E-state index in [1.807, 2.05) is 127 Å². The molecule has 5 aromatic carbocycles. The van der Waals surface area contributed by atoms with Crippen molar-refractivity contribution < 1.29 is 43.1 Å². The predicted octanol–water partition coefficient (Wildman–Crippen LogP) is 6.92. The van der Waals surface area contributed by atoms with Gasteiger partial charge in [-0.05, 0) is 34.4 Å². The maximum absolute atomic E-state index is 12.7. The number of esters is 1. The normalized spacial score (nSPS) is 21.2. The van der Waals surface area contributed by atoms with Crippen molar-refractivity contribution in [3.05, 3.63) is 179 Å². The van der Waals surface area contributed by atoms with Gasteiger partial charge in [-0.2, -0.15) is 0 Å². The molecule has 1 aliphatic rings. The molecule has 276 valence electrons. The molecule has 0 saturated carbocycles. The Morgan fingerprint density at radius 1 is 0.566 bits per heavy atom. The number of aliphatic hydroxyl groups is 1.